The zero-order chi connectivity index (χ0) is 14.9. The first-order valence-electron chi connectivity index (χ1n) is 6.77. The van der Waals surface area contributed by atoms with Crippen molar-refractivity contribution in [2.24, 2.45) is 22.8 Å². The molecule has 6 nitrogen and oxygen atoms in total. The second-order valence-electron chi connectivity index (χ2n) is 5.82. The van der Waals surface area contributed by atoms with E-state index in [2.05, 4.69) is 31.4 Å². The van der Waals surface area contributed by atoms with E-state index >= 15 is 0 Å². The van der Waals surface area contributed by atoms with Crippen LogP contribution in [0.1, 0.15) is 40.0 Å². The van der Waals surface area contributed by atoms with Crippen LogP contribution in [-0.4, -0.2) is 31.6 Å². The fourth-order valence-corrected chi connectivity index (χ4v) is 1.99. The first-order chi connectivity index (χ1) is 8.77. The molecule has 0 aromatic rings. The summed E-state index contributed by atoms with van der Waals surface area (Å²) in [6.45, 7) is 7.91. The molecule has 0 spiro atoms. The minimum Gasteiger partial charge on any atom is -0.354 e. The number of amides is 3. The van der Waals surface area contributed by atoms with E-state index in [1.165, 1.54) is 0 Å². The summed E-state index contributed by atoms with van der Waals surface area (Å²) in [5.41, 5.74) is 10.7. The second-order valence-corrected chi connectivity index (χ2v) is 5.82. The Morgan fingerprint density at radius 3 is 2.16 bits per heavy atom. The molecule has 0 aliphatic carbocycles. The monoisotopic (exact) mass is 272 g/mol. The fourth-order valence-electron chi connectivity index (χ4n) is 1.99. The Balaban J connectivity index is 3.89. The first-order valence-corrected chi connectivity index (χ1v) is 6.77. The van der Waals surface area contributed by atoms with E-state index in [1.807, 2.05) is 0 Å². The molecule has 0 radical (unpaired) electrons. The van der Waals surface area contributed by atoms with Crippen molar-refractivity contribution in [3.05, 3.63) is 0 Å². The van der Waals surface area contributed by atoms with Gasteiger partial charge in [-0.15, -0.1) is 0 Å². The van der Waals surface area contributed by atoms with Crippen LogP contribution in [-0.2, 0) is 4.79 Å². The topological polar surface area (TPSA) is 110 Å². The molecule has 0 aromatic heterocycles. The average Bonchev–Trinajstić information content (AvgIpc) is 2.28. The molecule has 0 aromatic carbocycles. The Morgan fingerprint density at radius 2 is 1.68 bits per heavy atom. The van der Waals surface area contributed by atoms with Crippen LogP contribution in [0.15, 0.2) is 0 Å². The Kier molecular flexibility index (Phi) is 8.14. The Labute approximate surface area is 115 Å². The van der Waals surface area contributed by atoms with Gasteiger partial charge in [0.1, 0.15) is 0 Å². The number of primary amides is 1. The van der Waals surface area contributed by atoms with E-state index in [-0.39, 0.29) is 11.3 Å². The first kappa shape index (κ1) is 17.7. The summed E-state index contributed by atoms with van der Waals surface area (Å²) in [4.78, 5) is 22.1. The van der Waals surface area contributed by atoms with Gasteiger partial charge in [-0.3, -0.25) is 4.79 Å². The Morgan fingerprint density at radius 1 is 1.11 bits per heavy atom. The van der Waals surface area contributed by atoms with Crippen LogP contribution < -0.4 is 22.1 Å². The lowest BCUT2D eigenvalue weighted by Crippen LogP contribution is -2.37. The summed E-state index contributed by atoms with van der Waals surface area (Å²) in [5.74, 6) is 0.435. The molecular weight excluding hydrogens is 244 g/mol. The number of hydrogen-bond acceptors (Lipinski definition) is 3. The summed E-state index contributed by atoms with van der Waals surface area (Å²) >= 11 is 0. The largest absolute Gasteiger partial charge is 0.354 e. The maximum Gasteiger partial charge on any atom is 0.312 e. The minimum atomic E-state index is -0.579. The van der Waals surface area contributed by atoms with Gasteiger partial charge >= 0.3 is 6.03 Å². The lowest BCUT2D eigenvalue weighted by atomic mass is 9.76. The molecule has 0 rings (SSSR count). The summed E-state index contributed by atoms with van der Waals surface area (Å²) < 4.78 is 0. The van der Waals surface area contributed by atoms with Crippen LogP contribution in [0.25, 0.3) is 0 Å². The highest BCUT2D eigenvalue weighted by Gasteiger charge is 2.24. The minimum absolute atomic E-state index is 0.00228. The van der Waals surface area contributed by atoms with Gasteiger partial charge in [0.2, 0.25) is 5.91 Å². The predicted octanol–water partition coefficient (Wildman–Crippen LogP) is 0.562. The quantitative estimate of drug-likeness (QED) is 0.484. The van der Waals surface area contributed by atoms with Gasteiger partial charge in [0.15, 0.2) is 0 Å². The third kappa shape index (κ3) is 9.30. The summed E-state index contributed by atoms with van der Waals surface area (Å²) in [7, 11) is 0. The lowest BCUT2D eigenvalue weighted by molar-refractivity contribution is -0.121. The number of nitrogens with two attached hydrogens (primary N) is 2. The van der Waals surface area contributed by atoms with Crippen LogP contribution >= 0.6 is 0 Å². The van der Waals surface area contributed by atoms with Gasteiger partial charge in [-0.2, -0.15) is 0 Å². The molecule has 1 atom stereocenters. The molecule has 0 aliphatic heterocycles. The third-order valence-corrected chi connectivity index (χ3v) is 3.21. The highest BCUT2D eigenvalue weighted by atomic mass is 16.2. The van der Waals surface area contributed by atoms with Gasteiger partial charge in [-0.1, -0.05) is 20.8 Å². The van der Waals surface area contributed by atoms with Crippen molar-refractivity contribution in [1.82, 2.24) is 10.6 Å². The molecule has 112 valence electrons. The van der Waals surface area contributed by atoms with Crippen molar-refractivity contribution < 1.29 is 9.59 Å². The molecule has 0 fully saturated rings. The molecule has 0 heterocycles. The molecule has 0 aliphatic rings. The SMILES string of the molecule is CC(C)(C)C(CCN)CCC(=O)NCCNC(N)=O. The molecular formula is C13H28N4O2. The van der Waals surface area contributed by atoms with Gasteiger partial charge < -0.3 is 22.1 Å². The number of nitrogens with one attached hydrogen (secondary N) is 2. The fraction of sp³-hybridized carbons (Fsp3) is 0.846. The van der Waals surface area contributed by atoms with Gasteiger partial charge in [0, 0.05) is 19.5 Å². The number of rotatable bonds is 8. The molecule has 0 saturated carbocycles. The molecule has 3 amide bonds. The zero-order valence-corrected chi connectivity index (χ0v) is 12.3. The van der Waals surface area contributed by atoms with Crippen molar-refractivity contribution in [3.63, 3.8) is 0 Å². The van der Waals surface area contributed by atoms with Gasteiger partial charge in [-0.05, 0) is 30.7 Å². The molecule has 6 N–H and O–H groups in total. The van der Waals surface area contributed by atoms with E-state index in [0.29, 0.717) is 32.0 Å². The maximum atomic E-state index is 11.6. The van der Waals surface area contributed by atoms with Crippen LogP contribution in [0.3, 0.4) is 0 Å². The van der Waals surface area contributed by atoms with E-state index in [0.717, 1.165) is 12.8 Å². The van der Waals surface area contributed by atoms with Crippen molar-refractivity contribution in [3.8, 4) is 0 Å². The lowest BCUT2D eigenvalue weighted by Gasteiger charge is -2.30. The van der Waals surface area contributed by atoms with Crippen molar-refractivity contribution in [1.29, 1.82) is 0 Å². The van der Waals surface area contributed by atoms with Crippen LogP contribution in [0.4, 0.5) is 4.79 Å². The van der Waals surface area contributed by atoms with E-state index in [4.69, 9.17) is 11.5 Å². The Bertz CT molecular complexity index is 287. The average molecular weight is 272 g/mol. The predicted molar refractivity (Wildman–Crippen MR) is 76.4 cm³/mol. The number of carbonyl (C=O) groups is 2. The summed E-state index contributed by atoms with van der Waals surface area (Å²) in [6, 6.07) is -0.579. The second kappa shape index (κ2) is 8.74. The highest BCUT2D eigenvalue weighted by molar-refractivity contribution is 5.76. The number of carbonyl (C=O) groups excluding carboxylic acids is 2. The summed E-state index contributed by atoms with van der Waals surface area (Å²) in [5, 5.41) is 5.16. The third-order valence-electron chi connectivity index (χ3n) is 3.21. The van der Waals surface area contributed by atoms with E-state index in [9.17, 15) is 9.59 Å². The molecule has 1 unspecified atom stereocenters. The Hall–Kier alpha value is -1.30. The van der Waals surface area contributed by atoms with Gasteiger partial charge in [0.05, 0.1) is 0 Å². The van der Waals surface area contributed by atoms with Gasteiger partial charge in [0.25, 0.3) is 0 Å². The number of hydrogen-bond donors (Lipinski definition) is 4. The smallest absolute Gasteiger partial charge is 0.312 e. The maximum absolute atomic E-state index is 11.6. The van der Waals surface area contributed by atoms with Crippen molar-refractivity contribution in [2.75, 3.05) is 19.6 Å². The van der Waals surface area contributed by atoms with Gasteiger partial charge in [-0.25, -0.2) is 4.79 Å². The summed E-state index contributed by atoms with van der Waals surface area (Å²) in [6.07, 6.45) is 2.24. The standard InChI is InChI=1S/C13H28N4O2/c1-13(2,3)10(6-7-14)4-5-11(18)16-8-9-17-12(15)19/h10H,4-9,14H2,1-3H3,(H,16,18)(H3,15,17,19). The molecule has 0 saturated heterocycles. The van der Waals surface area contributed by atoms with Crippen LogP contribution in [0, 0.1) is 11.3 Å². The zero-order valence-electron chi connectivity index (χ0n) is 12.3. The normalized spacial score (nSPS) is 12.8. The number of urea groups is 1. The van der Waals surface area contributed by atoms with Crippen LogP contribution in [0.2, 0.25) is 0 Å². The van der Waals surface area contributed by atoms with E-state index in [1.54, 1.807) is 0 Å². The van der Waals surface area contributed by atoms with Crippen molar-refractivity contribution in [2.45, 2.75) is 40.0 Å². The molecule has 19 heavy (non-hydrogen) atoms. The van der Waals surface area contributed by atoms with Crippen LogP contribution in [0.5, 0.6) is 0 Å². The molecule has 0 bridgehead atoms. The van der Waals surface area contributed by atoms with E-state index < -0.39 is 6.03 Å². The highest BCUT2D eigenvalue weighted by Crippen LogP contribution is 2.31. The molecule has 6 heteroatoms. The van der Waals surface area contributed by atoms with Crippen molar-refractivity contribution >= 4 is 11.9 Å².